The van der Waals surface area contributed by atoms with E-state index >= 15 is 0 Å². The van der Waals surface area contributed by atoms with Crippen LogP contribution in [0.25, 0.3) is 10.9 Å². The Kier molecular flexibility index (Phi) is 3.50. The fraction of sp³-hybridized carbons (Fsp3) is 0.250. The fourth-order valence-electron chi connectivity index (χ4n) is 1.79. The van der Waals surface area contributed by atoms with Crippen molar-refractivity contribution in [3.8, 4) is 17.9 Å². The van der Waals surface area contributed by atoms with Gasteiger partial charge in [0.2, 0.25) is 0 Å². The molecular weight excluding hydrogens is 252 g/mol. The Morgan fingerprint density at radius 1 is 1.30 bits per heavy atom. The summed E-state index contributed by atoms with van der Waals surface area (Å²) in [5.74, 6) is 5.07. The number of fused-ring (bicyclic) bond motifs is 1. The van der Waals surface area contributed by atoms with E-state index in [-0.39, 0.29) is 0 Å². The van der Waals surface area contributed by atoms with Crippen molar-refractivity contribution in [2.24, 2.45) is 0 Å². The van der Waals surface area contributed by atoms with Gasteiger partial charge in [0, 0.05) is 23.1 Å². The largest absolute Gasteiger partial charge is 0.443 e. The summed E-state index contributed by atoms with van der Waals surface area (Å²) in [5, 5.41) is 9.31. The van der Waals surface area contributed by atoms with Crippen LogP contribution in [0.3, 0.4) is 0 Å². The van der Waals surface area contributed by atoms with Crippen LogP contribution >= 0.6 is 0 Å². The number of benzene rings is 1. The minimum Gasteiger partial charge on any atom is -0.443 e. The number of hydrogen-bond donors (Lipinski definition) is 0. The summed E-state index contributed by atoms with van der Waals surface area (Å²) >= 11 is 0. The van der Waals surface area contributed by atoms with Crippen molar-refractivity contribution in [2.75, 3.05) is 0 Å². The van der Waals surface area contributed by atoms with Gasteiger partial charge in [-0.05, 0) is 45.0 Å². The van der Waals surface area contributed by atoms with Crippen LogP contribution in [0.4, 0.5) is 4.79 Å². The van der Waals surface area contributed by atoms with Crippen LogP contribution in [0, 0.1) is 23.2 Å². The van der Waals surface area contributed by atoms with E-state index < -0.39 is 11.7 Å². The van der Waals surface area contributed by atoms with E-state index in [9.17, 15) is 4.79 Å². The topological polar surface area (TPSA) is 55.0 Å². The van der Waals surface area contributed by atoms with E-state index in [1.165, 1.54) is 4.57 Å². The third kappa shape index (κ3) is 2.99. The number of rotatable bonds is 0. The zero-order valence-corrected chi connectivity index (χ0v) is 11.6. The number of carbonyl (C=O) groups is 1. The molecule has 0 unspecified atom stereocenters. The third-order valence-corrected chi connectivity index (χ3v) is 2.54. The van der Waals surface area contributed by atoms with Crippen molar-refractivity contribution < 1.29 is 9.53 Å². The highest BCUT2D eigenvalue weighted by Crippen LogP contribution is 2.19. The average molecular weight is 266 g/mol. The lowest BCUT2D eigenvalue weighted by atomic mass is 10.1. The van der Waals surface area contributed by atoms with Gasteiger partial charge in [-0.1, -0.05) is 5.92 Å². The molecule has 100 valence electrons. The fourth-order valence-corrected chi connectivity index (χ4v) is 1.79. The predicted molar refractivity (Wildman–Crippen MR) is 76.1 cm³/mol. The van der Waals surface area contributed by atoms with E-state index in [1.54, 1.807) is 24.4 Å². The smallest absolute Gasteiger partial charge is 0.418 e. The normalized spacial score (nSPS) is 10.5. The molecule has 20 heavy (non-hydrogen) atoms. The molecule has 0 aliphatic heterocycles. The van der Waals surface area contributed by atoms with Crippen LogP contribution < -0.4 is 0 Å². The van der Waals surface area contributed by atoms with Crippen LogP contribution in [-0.4, -0.2) is 16.3 Å². The molecule has 0 aliphatic carbocycles. The van der Waals surface area contributed by atoms with Crippen LogP contribution in [0.5, 0.6) is 0 Å². The molecule has 1 aromatic heterocycles. The Labute approximate surface area is 117 Å². The molecule has 0 spiro atoms. The van der Waals surface area contributed by atoms with Crippen molar-refractivity contribution >= 4 is 17.0 Å². The maximum absolute atomic E-state index is 12.1. The quantitative estimate of drug-likeness (QED) is 0.687. The molecule has 1 aromatic carbocycles. The standard InChI is InChI=1S/C16H14N2O2/c1-16(2,3)20-15(19)18-10-8-13-11-12(5-4-9-17)6-7-14(13)18/h6-8,10-11H,1-3H3. The molecule has 0 N–H and O–H groups in total. The van der Waals surface area contributed by atoms with E-state index in [0.29, 0.717) is 0 Å². The minimum atomic E-state index is -0.536. The molecule has 0 atom stereocenters. The monoisotopic (exact) mass is 266 g/mol. The zero-order valence-electron chi connectivity index (χ0n) is 11.6. The molecule has 0 aliphatic rings. The van der Waals surface area contributed by atoms with Crippen molar-refractivity contribution in [2.45, 2.75) is 26.4 Å². The number of nitriles is 1. The van der Waals surface area contributed by atoms with Crippen LogP contribution in [0.2, 0.25) is 0 Å². The summed E-state index contributed by atoms with van der Waals surface area (Å²) in [6.45, 7) is 5.48. The van der Waals surface area contributed by atoms with Crippen LogP contribution in [0.1, 0.15) is 26.3 Å². The Bertz CT molecular complexity index is 762. The highest BCUT2D eigenvalue weighted by atomic mass is 16.6. The van der Waals surface area contributed by atoms with Gasteiger partial charge in [-0.25, -0.2) is 4.79 Å². The Morgan fingerprint density at radius 3 is 2.70 bits per heavy atom. The van der Waals surface area contributed by atoms with Gasteiger partial charge in [0.15, 0.2) is 6.07 Å². The molecule has 0 fully saturated rings. The first-order valence-electron chi connectivity index (χ1n) is 6.15. The first-order chi connectivity index (χ1) is 9.40. The van der Waals surface area contributed by atoms with Crippen molar-refractivity contribution in [1.29, 1.82) is 5.26 Å². The van der Waals surface area contributed by atoms with Crippen molar-refractivity contribution in [3.05, 3.63) is 36.0 Å². The lowest BCUT2D eigenvalue weighted by Gasteiger charge is -2.19. The van der Waals surface area contributed by atoms with Gasteiger partial charge in [-0.2, -0.15) is 5.26 Å². The van der Waals surface area contributed by atoms with E-state index in [0.717, 1.165) is 16.5 Å². The highest BCUT2D eigenvalue weighted by Gasteiger charge is 2.18. The average Bonchev–Trinajstić information content (AvgIpc) is 2.77. The Balaban J connectivity index is 2.39. The molecular formula is C16H14N2O2. The minimum absolute atomic E-state index is 0.414. The lowest BCUT2D eigenvalue weighted by molar-refractivity contribution is 0.0544. The summed E-state index contributed by atoms with van der Waals surface area (Å²) in [7, 11) is 0. The predicted octanol–water partition coefficient (Wildman–Crippen LogP) is 3.30. The Morgan fingerprint density at radius 2 is 2.05 bits per heavy atom. The summed E-state index contributed by atoms with van der Waals surface area (Å²) in [6, 6.07) is 8.99. The molecule has 1 heterocycles. The number of ether oxygens (including phenoxy) is 1. The third-order valence-electron chi connectivity index (χ3n) is 2.54. The van der Waals surface area contributed by atoms with Crippen LogP contribution in [-0.2, 0) is 4.74 Å². The number of carbonyl (C=O) groups excluding carboxylic acids is 1. The van der Waals surface area contributed by atoms with Crippen molar-refractivity contribution in [3.63, 3.8) is 0 Å². The summed E-state index contributed by atoms with van der Waals surface area (Å²) in [5.41, 5.74) is 0.953. The lowest BCUT2D eigenvalue weighted by Crippen LogP contribution is -2.26. The van der Waals surface area contributed by atoms with E-state index in [2.05, 4.69) is 11.8 Å². The Hall–Kier alpha value is -2.72. The van der Waals surface area contributed by atoms with Gasteiger partial charge in [-0.15, -0.1) is 0 Å². The van der Waals surface area contributed by atoms with Gasteiger partial charge in [0.05, 0.1) is 5.52 Å². The molecule has 4 heteroatoms. The molecule has 4 nitrogen and oxygen atoms in total. The second kappa shape index (κ2) is 5.11. The first-order valence-corrected chi connectivity index (χ1v) is 6.15. The van der Waals surface area contributed by atoms with Crippen LogP contribution in [0.15, 0.2) is 30.5 Å². The summed E-state index contributed by atoms with van der Waals surface area (Å²) in [6.07, 6.45) is 1.25. The molecule has 0 saturated heterocycles. The highest BCUT2D eigenvalue weighted by molar-refractivity contribution is 5.90. The SMILES string of the molecule is CC(C)(C)OC(=O)n1ccc2cc(C#CC#N)ccc21. The van der Waals surface area contributed by atoms with Gasteiger partial charge in [0.1, 0.15) is 5.60 Å². The molecule has 0 bridgehead atoms. The number of aromatic nitrogens is 1. The van der Waals surface area contributed by atoms with E-state index in [4.69, 9.17) is 10.00 Å². The molecule has 0 saturated carbocycles. The van der Waals surface area contributed by atoms with E-state index in [1.807, 2.05) is 32.9 Å². The van der Waals surface area contributed by atoms with Gasteiger partial charge in [-0.3, -0.25) is 4.57 Å². The maximum atomic E-state index is 12.1. The summed E-state index contributed by atoms with van der Waals surface area (Å²) in [4.78, 5) is 12.1. The molecule has 2 aromatic rings. The second-order valence-electron chi connectivity index (χ2n) is 5.30. The number of hydrogen-bond acceptors (Lipinski definition) is 3. The maximum Gasteiger partial charge on any atom is 0.418 e. The zero-order chi connectivity index (χ0) is 14.8. The second-order valence-corrected chi connectivity index (χ2v) is 5.30. The molecule has 0 radical (unpaired) electrons. The molecule has 0 amide bonds. The first kappa shape index (κ1) is 13.7. The van der Waals surface area contributed by atoms with Gasteiger partial charge in [0.25, 0.3) is 0 Å². The van der Waals surface area contributed by atoms with Crippen molar-refractivity contribution in [1.82, 2.24) is 4.57 Å². The molecule has 2 rings (SSSR count). The van der Waals surface area contributed by atoms with Gasteiger partial charge >= 0.3 is 6.09 Å². The van der Waals surface area contributed by atoms with Gasteiger partial charge < -0.3 is 4.74 Å². The number of nitrogens with zero attached hydrogens (tertiary/aromatic N) is 2. The summed E-state index contributed by atoms with van der Waals surface area (Å²) < 4.78 is 6.80.